The molecule has 2 aromatic carbocycles. The van der Waals surface area contributed by atoms with Crippen LogP contribution in [0.4, 0.5) is 0 Å². The molecule has 0 saturated carbocycles. The molecule has 0 aliphatic carbocycles. The van der Waals surface area contributed by atoms with Crippen LogP contribution < -0.4 is 0 Å². The molecular formula is C17H20O2. The molecule has 0 aliphatic heterocycles. The lowest BCUT2D eigenvalue weighted by molar-refractivity contribution is -0.360. The van der Waals surface area contributed by atoms with E-state index in [0.29, 0.717) is 6.61 Å². The Morgan fingerprint density at radius 3 is 1.89 bits per heavy atom. The van der Waals surface area contributed by atoms with E-state index < -0.39 is 0 Å². The Morgan fingerprint density at radius 1 is 0.789 bits per heavy atom. The highest BCUT2D eigenvalue weighted by Crippen LogP contribution is 2.18. The Morgan fingerprint density at radius 2 is 1.32 bits per heavy atom. The molecule has 2 nitrogen and oxygen atoms in total. The van der Waals surface area contributed by atoms with Crippen LogP contribution in [-0.2, 0) is 22.8 Å². The van der Waals surface area contributed by atoms with Crippen LogP contribution in [0.5, 0.6) is 0 Å². The molecule has 0 amide bonds. The molecule has 2 heteroatoms. The predicted octanol–water partition coefficient (Wildman–Crippen LogP) is 4.16. The second kappa shape index (κ2) is 6.50. The molecule has 0 bridgehead atoms. The Hall–Kier alpha value is -1.64. The monoisotopic (exact) mass is 256 g/mol. The standard InChI is InChI=1S/C17H20O2/c1-17(2,13-15-9-5-3-6-10-15)19-18-14-16-11-7-4-8-12-16/h3-12H,13-14H2,1-2H3. The smallest absolute Gasteiger partial charge is 0.107 e. The molecule has 0 aromatic heterocycles. The Labute approximate surface area is 114 Å². The summed E-state index contributed by atoms with van der Waals surface area (Å²) >= 11 is 0. The minimum absolute atomic E-state index is 0.337. The fraction of sp³-hybridized carbons (Fsp3) is 0.294. The highest BCUT2D eigenvalue weighted by Gasteiger charge is 2.20. The zero-order chi connectivity index (χ0) is 13.6. The molecular weight excluding hydrogens is 236 g/mol. The number of hydrogen-bond acceptors (Lipinski definition) is 2. The Balaban J connectivity index is 1.81. The molecule has 2 aromatic rings. The van der Waals surface area contributed by atoms with E-state index in [4.69, 9.17) is 9.78 Å². The van der Waals surface area contributed by atoms with E-state index in [2.05, 4.69) is 12.1 Å². The number of benzene rings is 2. The van der Waals surface area contributed by atoms with Gasteiger partial charge in [0.1, 0.15) is 12.2 Å². The molecule has 19 heavy (non-hydrogen) atoms. The summed E-state index contributed by atoms with van der Waals surface area (Å²) in [5.41, 5.74) is 2.02. The van der Waals surface area contributed by atoms with E-state index in [1.807, 2.05) is 62.4 Å². The van der Waals surface area contributed by atoms with E-state index in [-0.39, 0.29) is 5.60 Å². The van der Waals surface area contributed by atoms with Gasteiger partial charge in [-0.2, -0.15) is 0 Å². The van der Waals surface area contributed by atoms with Crippen LogP contribution in [0.1, 0.15) is 25.0 Å². The summed E-state index contributed by atoms with van der Waals surface area (Å²) in [5, 5.41) is 0. The van der Waals surface area contributed by atoms with Gasteiger partial charge >= 0.3 is 0 Å². The highest BCUT2D eigenvalue weighted by atomic mass is 17.2. The van der Waals surface area contributed by atoms with Crippen LogP contribution in [-0.4, -0.2) is 5.60 Å². The molecule has 0 radical (unpaired) electrons. The van der Waals surface area contributed by atoms with Crippen LogP contribution in [0.15, 0.2) is 60.7 Å². The average molecular weight is 256 g/mol. The van der Waals surface area contributed by atoms with Crippen LogP contribution >= 0.6 is 0 Å². The summed E-state index contributed by atoms with van der Waals surface area (Å²) in [6, 6.07) is 20.3. The summed E-state index contributed by atoms with van der Waals surface area (Å²) in [5.74, 6) is 0. The lowest BCUT2D eigenvalue weighted by atomic mass is 9.99. The zero-order valence-corrected chi connectivity index (χ0v) is 11.5. The maximum Gasteiger partial charge on any atom is 0.107 e. The van der Waals surface area contributed by atoms with Crippen molar-refractivity contribution in [2.24, 2.45) is 0 Å². The van der Waals surface area contributed by atoms with E-state index in [9.17, 15) is 0 Å². The second-order valence-electron chi connectivity index (χ2n) is 5.25. The maximum absolute atomic E-state index is 5.54. The third-order valence-electron chi connectivity index (χ3n) is 2.83. The first-order chi connectivity index (χ1) is 9.16. The van der Waals surface area contributed by atoms with Gasteiger partial charge in [0.15, 0.2) is 0 Å². The van der Waals surface area contributed by atoms with Crippen LogP contribution in [0, 0.1) is 0 Å². The van der Waals surface area contributed by atoms with Crippen molar-refractivity contribution in [3.05, 3.63) is 71.8 Å². The molecule has 0 N–H and O–H groups in total. The van der Waals surface area contributed by atoms with E-state index in [1.165, 1.54) is 5.56 Å². The molecule has 0 spiro atoms. The molecule has 0 fully saturated rings. The SMILES string of the molecule is CC(C)(Cc1ccccc1)OOCc1ccccc1. The lowest BCUT2D eigenvalue weighted by Crippen LogP contribution is -2.27. The van der Waals surface area contributed by atoms with Crippen molar-refractivity contribution in [2.75, 3.05) is 0 Å². The quantitative estimate of drug-likeness (QED) is 0.571. The number of hydrogen-bond donors (Lipinski definition) is 0. The van der Waals surface area contributed by atoms with Gasteiger partial charge in [-0.3, -0.25) is 0 Å². The molecule has 0 atom stereocenters. The fourth-order valence-corrected chi connectivity index (χ4v) is 1.95. The lowest BCUT2D eigenvalue weighted by Gasteiger charge is -2.23. The van der Waals surface area contributed by atoms with Crippen molar-refractivity contribution in [2.45, 2.75) is 32.5 Å². The normalized spacial score (nSPS) is 11.5. The van der Waals surface area contributed by atoms with Gasteiger partial charge in [0.2, 0.25) is 0 Å². The fourth-order valence-electron chi connectivity index (χ4n) is 1.95. The molecule has 0 saturated heterocycles. The molecule has 2 rings (SSSR count). The Bertz CT molecular complexity index is 477. The predicted molar refractivity (Wildman–Crippen MR) is 76.5 cm³/mol. The van der Waals surface area contributed by atoms with Crippen molar-refractivity contribution in [3.63, 3.8) is 0 Å². The van der Waals surface area contributed by atoms with Gasteiger partial charge in [-0.1, -0.05) is 60.7 Å². The largest absolute Gasteiger partial charge is 0.231 e. The van der Waals surface area contributed by atoms with Gasteiger partial charge < -0.3 is 0 Å². The van der Waals surface area contributed by atoms with Gasteiger partial charge in [0.05, 0.1) is 0 Å². The van der Waals surface area contributed by atoms with Gasteiger partial charge in [-0.15, -0.1) is 0 Å². The maximum atomic E-state index is 5.54. The third-order valence-corrected chi connectivity index (χ3v) is 2.83. The van der Waals surface area contributed by atoms with Gasteiger partial charge in [-0.05, 0) is 25.0 Å². The minimum atomic E-state index is -0.337. The van der Waals surface area contributed by atoms with E-state index >= 15 is 0 Å². The molecule has 0 heterocycles. The first kappa shape index (κ1) is 13.8. The van der Waals surface area contributed by atoms with Crippen molar-refractivity contribution >= 4 is 0 Å². The Kier molecular flexibility index (Phi) is 4.72. The summed E-state index contributed by atoms with van der Waals surface area (Å²) in [4.78, 5) is 10.9. The highest BCUT2D eigenvalue weighted by molar-refractivity contribution is 5.16. The van der Waals surface area contributed by atoms with Crippen LogP contribution in [0.3, 0.4) is 0 Å². The van der Waals surface area contributed by atoms with Gasteiger partial charge in [-0.25, -0.2) is 9.78 Å². The third kappa shape index (κ3) is 4.86. The summed E-state index contributed by atoms with van der Waals surface area (Å²) in [7, 11) is 0. The van der Waals surface area contributed by atoms with Crippen LogP contribution in [0.25, 0.3) is 0 Å². The first-order valence-corrected chi connectivity index (χ1v) is 6.54. The van der Waals surface area contributed by atoms with E-state index in [0.717, 1.165) is 12.0 Å². The summed E-state index contributed by atoms with van der Waals surface area (Å²) < 4.78 is 0. The zero-order valence-electron chi connectivity index (χ0n) is 11.5. The molecule has 0 unspecified atom stereocenters. The van der Waals surface area contributed by atoms with Crippen molar-refractivity contribution in [1.29, 1.82) is 0 Å². The first-order valence-electron chi connectivity index (χ1n) is 6.54. The minimum Gasteiger partial charge on any atom is -0.231 e. The summed E-state index contributed by atoms with van der Waals surface area (Å²) in [6.07, 6.45) is 0.822. The second-order valence-corrected chi connectivity index (χ2v) is 5.25. The topological polar surface area (TPSA) is 18.5 Å². The number of rotatable bonds is 6. The van der Waals surface area contributed by atoms with Crippen molar-refractivity contribution < 1.29 is 9.78 Å². The van der Waals surface area contributed by atoms with Crippen LogP contribution in [0.2, 0.25) is 0 Å². The average Bonchev–Trinajstić information content (AvgIpc) is 2.40. The van der Waals surface area contributed by atoms with Crippen molar-refractivity contribution in [3.8, 4) is 0 Å². The van der Waals surface area contributed by atoms with E-state index in [1.54, 1.807) is 0 Å². The summed E-state index contributed by atoms with van der Waals surface area (Å²) in [6.45, 7) is 4.54. The van der Waals surface area contributed by atoms with Gasteiger partial charge in [0.25, 0.3) is 0 Å². The van der Waals surface area contributed by atoms with Crippen molar-refractivity contribution in [1.82, 2.24) is 0 Å². The molecule has 0 aliphatic rings. The van der Waals surface area contributed by atoms with Gasteiger partial charge in [0, 0.05) is 6.42 Å². The molecule has 100 valence electrons.